The first kappa shape index (κ1) is 6.83. The Morgan fingerprint density at radius 2 is 2.50 bits per heavy atom. The summed E-state index contributed by atoms with van der Waals surface area (Å²) in [5.41, 5.74) is 0. The molecule has 1 aliphatic rings. The minimum atomic E-state index is 0.396. The molecule has 0 radical (unpaired) electrons. The quantitative estimate of drug-likeness (QED) is 0.661. The Balaban J connectivity index is 2.38. The maximum atomic E-state index is 5.17. The van der Waals surface area contributed by atoms with Crippen LogP contribution in [0.5, 0.6) is 0 Å². The van der Waals surface area contributed by atoms with Crippen molar-refractivity contribution in [1.82, 2.24) is 0 Å². The highest BCUT2D eigenvalue weighted by Crippen LogP contribution is 2.40. The van der Waals surface area contributed by atoms with Crippen LogP contribution < -0.4 is 0 Å². The van der Waals surface area contributed by atoms with Crippen LogP contribution >= 0.6 is 27.3 Å². The Kier molecular flexibility index (Phi) is 1.59. The molecule has 1 aromatic heterocycles. The molecule has 1 nitrogen and oxygen atoms in total. The molecule has 0 aromatic carbocycles. The highest BCUT2D eigenvalue weighted by atomic mass is 79.9. The Bertz CT molecular complexity index is 252. The predicted octanol–water partition coefficient (Wildman–Crippen LogP) is 2.89. The fourth-order valence-electron chi connectivity index (χ4n) is 0.920. The van der Waals surface area contributed by atoms with Crippen LogP contribution in [0.25, 0.3) is 0 Å². The van der Waals surface area contributed by atoms with Gasteiger partial charge in [-0.1, -0.05) is 0 Å². The van der Waals surface area contributed by atoms with E-state index < -0.39 is 0 Å². The van der Waals surface area contributed by atoms with E-state index in [1.165, 1.54) is 14.2 Å². The first-order valence-corrected chi connectivity index (χ1v) is 4.76. The van der Waals surface area contributed by atoms with Crippen molar-refractivity contribution in [3.05, 3.63) is 20.3 Å². The summed E-state index contributed by atoms with van der Waals surface area (Å²) in [6.45, 7) is 3.01. The van der Waals surface area contributed by atoms with E-state index in [0.29, 0.717) is 6.10 Å². The average Bonchev–Trinajstić information content (AvgIpc) is 2.61. The molecule has 0 aliphatic carbocycles. The summed E-state index contributed by atoms with van der Waals surface area (Å²) in [5, 5.41) is 0. The van der Waals surface area contributed by atoms with Crippen molar-refractivity contribution in [3.8, 4) is 0 Å². The van der Waals surface area contributed by atoms with Gasteiger partial charge in [-0.25, -0.2) is 0 Å². The molecule has 2 heterocycles. The number of hydrogen-bond acceptors (Lipinski definition) is 2. The number of thiophene rings is 1. The van der Waals surface area contributed by atoms with Gasteiger partial charge in [0.15, 0.2) is 0 Å². The van der Waals surface area contributed by atoms with E-state index in [-0.39, 0.29) is 0 Å². The van der Waals surface area contributed by atoms with E-state index in [2.05, 4.69) is 28.9 Å². The minimum absolute atomic E-state index is 0.396. The molecule has 0 bridgehead atoms. The van der Waals surface area contributed by atoms with E-state index in [1.54, 1.807) is 0 Å². The molecular formula is C7H7BrOS. The maximum Gasteiger partial charge on any atom is 0.116 e. The fourth-order valence-corrected chi connectivity index (χ4v) is 2.86. The fraction of sp³-hybridized carbons (Fsp3) is 0.429. The van der Waals surface area contributed by atoms with Crippen molar-refractivity contribution in [3.63, 3.8) is 0 Å². The SMILES string of the molecule is Cc1cc(Br)c([C@@H]2CO2)s1. The number of aryl methyl sites for hydroxylation is 1. The largest absolute Gasteiger partial charge is 0.367 e. The molecule has 0 unspecified atom stereocenters. The van der Waals surface area contributed by atoms with E-state index in [4.69, 9.17) is 4.74 Å². The van der Waals surface area contributed by atoms with Crippen LogP contribution in [0, 0.1) is 6.92 Å². The zero-order valence-electron chi connectivity index (χ0n) is 5.56. The van der Waals surface area contributed by atoms with Gasteiger partial charge in [0.25, 0.3) is 0 Å². The van der Waals surface area contributed by atoms with Crippen LogP contribution in [0.4, 0.5) is 0 Å². The van der Waals surface area contributed by atoms with Crippen molar-refractivity contribution in [2.24, 2.45) is 0 Å². The summed E-state index contributed by atoms with van der Waals surface area (Å²) >= 11 is 5.30. The lowest BCUT2D eigenvalue weighted by atomic mass is 10.4. The molecule has 10 heavy (non-hydrogen) atoms. The van der Waals surface area contributed by atoms with Gasteiger partial charge in [0, 0.05) is 9.35 Å². The molecule has 1 aromatic rings. The van der Waals surface area contributed by atoms with Crippen molar-refractivity contribution >= 4 is 27.3 Å². The summed E-state index contributed by atoms with van der Waals surface area (Å²) in [4.78, 5) is 2.69. The third kappa shape index (κ3) is 1.13. The lowest BCUT2D eigenvalue weighted by molar-refractivity contribution is 0.418. The molecule has 1 fully saturated rings. The summed E-state index contributed by atoms with van der Waals surface area (Å²) in [6, 6.07) is 2.14. The van der Waals surface area contributed by atoms with Gasteiger partial charge in [0.2, 0.25) is 0 Å². The van der Waals surface area contributed by atoms with Gasteiger partial charge in [-0.2, -0.15) is 0 Å². The molecule has 1 aliphatic heterocycles. The van der Waals surface area contributed by atoms with Crippen LogP contribution in [-0.4, -0.2) is 6.61 Å². The second kappa shape index (κ2) is 2.32. The topological polar surface area (TPSA) is 12.5 Å². The summed E-state index contributed by atoms with van der Waals surface area (Å²) in [7, 11) is 0. The van der Waals surface area contributed by atoms with E-state index in [9.17, 15) is 0 Å². The van der Waals surface area contributed by atoms with Gasteiger partial charge >= 0.3 is 0 Å². The zero-order chi connectivity index (χ0) is 7.14. The Morgan fingerprint density at radius 3 is 2.90 bits per heavy atom. The smallest absolute Gasteiger partial charge is 0.116 e. The molecule has 0 spiro atoms. The summed E-state index contributed by atoms with van der Waals surface area (Å²) < 4.78 is 6.38. The molecule has 3 heteroatoms. The molecule has 54 valence electrons. The average molecular weight is 219 g/mol. The lowest BCUT2D eigenvalue weighted by Crippen LogP contribution is -1.70. The third-order valence-corrected chi connectivity index (χ3v) is 3.52. The number of halogens is 1. The molecule has 0 saturated carbocycles. The van der Waals surface area contributed by atoms with Gasteiger partial charge in [-0.05, 0) is 28.9 Å². The van der Waals surface area contributed by atoms with E-state index in [0.717, 1.165) is 6.61 Å². The Morgan fingerprint density at radius 1 is 1.80 bits per heavy atom. The first-order valence-electron chi connectivity index (χ1n) is 3.15. The predicted molar refractivity (Wildman–Crippen MR) is 45.4 cm³/mol. The summed E-state index contributed by atoms with van der Waals surface area (Å²) in [6.07, 6.45) is 0.396. The highest BCUT2D eigenvalue weighted by molar-refractivity contribution is 9.10. The highest BCUT2D eigenvalue weighted by Gasteiger charge is 2.28. The third-order valence-electron chi connectivity index (χ3n) is 1.46. The second-order valence-electron chi connectivity index (χ2n) is 2.39. The lowest BCUT2D eigenvalue weighted by Gasteiger charge is -1.86. The normalized spacial score (nSPS) is 23.2. The number of epoxide rings is 1. The van der Waals surface area contributed by atoms with Crippen LogP contribution in [-0.2, 0) is 4.74 Å². The molecule has 0 amide bonds. The van der Waals surface area contributed by atoms with Crippen LogP contribution in [0.3, 0.4) is 0 Å². The van der Waals surface area contributed by atoms with Crippen molar-refractivity contribution in [2.45, 2.75) is 13.0 Å². The molecule has 2 rings (SSSR count). The molecule has 1 saturated heterocycles. The van der Waals surface area contributed by atoms with E-state index in [1.807, 2.05) is 11.3 Å². The Labute approximate surface area is 72.1 Å². The number of rotatable bonds is 1. The van der Waals surface area contributed by atoms with Gasteiger partial charge in [0.1, 0.15) is 6.10 Å². The van der Waals surface area contributed by atoms with Crippen LogP contribution in [0.15, 0.2) is 10.5 Å². The number of ether oxygens (including phenoxy) is 1. The van der Waals surface area contributed by atoms with Crippen molar-refractivity contribution < 1.29 is 4.74 Å². The standard InChI is InChI=1S/C7H7BrOS/c1-4-2-5(8)7(10-4)6-3-9-6/h2,6H,3H2,1H3/t6-/m0/s1. The first-order chi connectivity index (χ1) is 4.77. The molecule has 0 N–H and O–H groups in total. The van der Waals surface area contributed by atoms with Gasteiger partial charge in [0.05, 0.1) is 11.5 Å². The Hall–Kier alpha value is 0.140. The molecular weight excluding hydrogens is 212 g/mol. The number of hydrogen-bond donors (Lipinski definition) is 0. The van der Waals surface area contributed by atoms with Crippen molar-refractivity contribution in [1.29, 1.82) is 0 Å². The van der Waals surface area contributed by atoms with E-state index >= 15 is 0 Å². The zero-order valence-corrected chi connectivity index (χ0v) is 7.96. The maximum absolute atomic E-state index is 5.17. The van der Waals surface area contributed by atoms with Crippen LogP contribution in [0.1, 0.15) is 15.9 Å². The van der Waals surface area contributed by atoms with Gasteiger partial charge < -0.3 is 4.74 Å². The second-order valence-corrected chi connectivity index (χ2v) is 4.53. The van der Waals surface area contributed by atoms with Crippen LogP contribution in [0.2, 0.25) is 0 Å². The minimum Gasteiger partial charge on any atom is -0.367 e. The monoisotopic (exact) mass is 218 g/mol. The summed E-state index contributed by atoms with van der Waals surface area (Å²) in [5.74, 6) is 0. The van der Waals surface area contributed by atoms with Gasteiger partial charge in [-0.15, -0.1) is 11.3 Å². The van der Waals surface area contributed by atoms with Gasteiger partial charge in [-0.3, -0.25) is 0 Å². The van der Waals surface area contributed by atoms with Crippen molar-refractivity contribution in [2.75, 3.05) is 6.61 Å². The molecule has 1 atom stereocenters.